The molecule has 226 valence electrons. The molecule has 0 saturated carbocycles. The van der Waals surface area contributed by atoms with E-state index in [1.165, 1.54) is 6.08 Å². The van der Waals surface area contributed by atoms with Crippen LogP contribution in [-0.4, -0.2) is 48.5 Å². The predicted molar refractivity (Wildman–Crippen MR) is 164 cm³/mol. The Kier molecular flexibility index (Phi) is 9.83. The molecule has 4 rings (SSSR count). The molecule has 2 unspecified atom stereocenters. The van der Waals surface area contributed by atoms with Gasteiger partial charge in [0.2, 0.25) is 11.8 Å². The van der Waals surface area contributed by atoms with Crippen LogP contribution in [-0.2, 0) is 14.3 Å². The number of ether oxygens (including phenoxy) is 1. The SMILES string of the molecule is CN1CC(C(=O)Nc2ccc(Cl)cc2)C(c2c(F)cc(C=CC(=O)Nc3ccccc3NC(=O)OC(C)(C)C)cc2F)C1. The topological polar surface area (TPSA) is 99.8 Å². The Labute approximate surface area is 254 Å². The molecular weight excluding hydrogens is 578 g/mol. The maximum absolute atomic E-state index is 15.4. The van der Waals surface area contributed by atoms with Crippen molar-refractivity contribution in [2.45, 2.75) is 32.3 Å². The summed E-state index contributed by atoms with van der Waals surface area (Å²) in [5.41, 5.74) is 0.404. The molecule has 0 spiro atoms. The standard InChI is InChI=1S/C32H33ClF2N4O4/c1-32(2,3)43-31(42)38-27-8-6-5-7-26(27)37-28(40)14-9-19-15-24(34)29(25(35)16-19)22-17-39(4)18-23(22)30(41)36-21-12-10-20(33)11-13-21/h5-16,22-23H,17-18H2,1-4H3,(H,36,41)(H,37,40)(H,38,42). The summed E-state index contributed by atoms with van der Waals surface area (Å²) in [5, 5.41) is 8.55. The van der Waals surface area contributed by atoms with Crippen molar-refractivity contribution in [3.05, 3.63) is 94.5 Å². The van der Waals surface area contributed by atoms with Gasteiger partial charge in [-0.25, -0.2) is 13.6 Å². The highest BCUT2D eigenvalue weighted by Gasteiger charge is 2.40. The Morgan fingerprint density at radius 3 is 2.14 bits per heavy atom. The fourth-order valence-electron chi connectivity index (χ4n) is 4.84. The summed E-state index contributed by atoms with van der Waals surface area (Å²) in [5.74, 6) is -3.95. The maximum Gasteiger partial charge on any atom is 0.412 e. The number of carbonyl (C=O) groups is 3. The third-order valence-electron chi connectivity index (χ3n) is 6.67. The Balaban J connectivity index is 1.46. The molecule has 3 aromatic carbocycles. The number of anilines is 3. The van der Waals surface area contributed by atoms with Crippen LogP contribution in [0.15, 0.2) is 66.7 Å². The Morgan fingerprint density at radius 1 is 0.930 bits per heavy atom. The van der Waals surface area contributed by atoms with E-state index in [1.807, 2.05) is 4.90 Å². The van der Waals surface area contributed by atoms with Crippen molar-refractivity contribution in [2.75, 3.05) is 36.1 Å². The molecule has 1 heterocycles. The highest BCUT2D eigenvalue weighted by Crippen LogP contribution is 2.36. The molecule has 1 saturated heterocycles. The number of para-hydroxylation sites is 2. The van der Waals surface area contributed by atoms with Gasteiger partial charge in [-0.3, -0.25) is 14.9 Å². The van der Waals surface area contributed by atoms with Crippen LogP contribution in [0.2, 0.25) is 5.02 Å². The van der Waals surface area contributed by atoms with E-state index in [4.69, 9.17) is 16.3 Å². The van der Waals surface area contributed by atoms with Crippen LogP contribution in [0.4, 0.5) is 30.6 Å². The molecule has 11 heteroatoms. The summed E-state index contributed by atoms with van der Waals surface area (Å²) in [7, 11) is 1.79. The lowest BCUT2D eigenvalue weighted by atomic mass is 9.87. The molecule has 0 bridgehead atoms. The molecule has 43 heavy (non-hydrogen) atoms. The summed E-state index contributed by atoms with van der Waals surface area (Å²) in [6, 6.07) is 15.4. The average Bonchev–Trinajstić information content (AvgIpc) is 3.29. The fourth-order valence-corrected chi connectivity index (χ4v) is 4.97. The molecule has 1 aliphatic heterocycles. The molecule has 0 radical (unpaired) electrons. The van der Waals surface area contributed by atoms with Gasteiger partial charge in [-0.2, -0.15) is 0 Å². The Hall–Kier alpha value is -4.28. The van der Waals surface area contributed by atoms with Crippen molar-refractivity contribution in [1.82, 2.24) is 4.90 Å². The van der Waals surface area contributed by atoms with Gasteiger partial charge in [-0.05, 0) is 88.0 Å². The Morgan fingerprint density at radius 2 is 1.53 bits per heavy atom. The third kappa shape index (κ3) is 8.62. The summed E-state index contributed by atoms with van der Waals surface area (Å²) in [6.45, 7) is 5.81. The largest absolute Gasteiger partial charge is 0.444 e. The summed E-state index contributed by atoms with van der Waals surface area (Å²) in [4.78, 5) is 39.7. The van der Waals surface area contributed by atoms with E-state index in [9.17, 15) is 14.4 Å². The highest BCUT2D eigenvalue weighted by molar-refractivity contribution is 6.30. The first-order valence-electron chi connectivity index (χ1n) is 13.6. The second kappa shape index (κ2) is 13.4. The molecule has 0 aromatic heterocycles. The maximum atomic E-state index is 15.4. The first-order chi connectivity index (χ1) is 20.3. The van der Waals surface area contributed by atoms with Gasteiger partial charge >= 0.3 is 6.09 Å². The van der Waals surface area contributed by atoms with Crippen molar-refractivity contribution in [1.29, 1.82) is 0 Å². The van der Waals surface area contributed by atoms with Crippen LogP contribution in [0.25, 0.3) is 6.08 Å². The number of likely N-dealkylation sites (N-methyl/N-ethyl adjacent to an activating group) is 1. The van der Waals surface area contributed by atoms with Crippen molar-refractivity contribution in [3.8, 4) is 0 Å². The molecule has 0 aliphatic carbocycles. The van der Waals surface area contributed by atoms with Crippen LogP contribution in [0.5, 0.6) is 0 Å². The average molecular weight is 611 g/mol. The zero-order chi connectivity index (χ0) is 31.3. The number of likely N-dealkylation sites (tertiary alicyclic amines) is 1. The molecular formula is C32H33ClF2N4O4. The smallest absolute Gasteiger partial charge is 0.412 e. The number of carbonyl (C=O) groups excluding carboxylic acids is 3. The first-order valence-corrected chi connectivity index (χ1v) is 14.0. The predicted octanol–water partition coefficient (Wildman–Crippen LogP) is 6.90. The highest BCUT2D eigenvalue weighted by atomic mass is 35.5. The number of amides is 3. The van der Waals surface area contributed by atoms with Gasteiger partial charge < -0.3 is 20.3 Å². The lowest BCUT2D eigenvalue weighted by molar-refractivity contribution is -0.120. The number of benzene rings is 3. The van der Waals surface area contributed by atoms with Gasteiger partial charge in [0.15, 0.2) is 0 Å². The summed E-state index contributed by atoms with van der Waals surface area (Å²) in [6.07, 6.45) is 1.72. The van der Waals surface area contributed by atoms with Crippen LogP contribution in [0.3, 0.4) is 0 Å². The molecule has 3 N–H and O–H groups in total. The zero-order valence-electron chi connectivity index (χ0n) is 24.2. The molecule has 3 amide bonds. The number of nitrogens with zero attached hydrogens (tertiary/aromatic N) is 1. The van der Waals surface area contributed by atoms with E-state index in [0.717, 1.165) is 18.2 Å². The van der Waals surface area contributed by atoms with E-state index < -0.39 is 41.1 Å². The van der Waals surface area contributed by atoms with E-state index >= 15 is 8.78 Å². The number of rotatable bonds is 7. The van der Waals surface area contributed by atoms with Crippen LogP contribution in [0, 0.1) is 17.6 Å². The normalized spacial score (nSPS) is 17.1. The number of hydrogen-bond donors (Lipinski definition) is 3. The van der Waals surface area contributed by atoms with Crippen molar-refractivity contribution in [2.24, 2.45) is 5.92 Å². The third-order valence-corrected chi connectivity index (χ3v) is 6.92. The first kappa shape index (κ1) is 31.7. The molecule has 2 atom stereocenters. The van der Waals surface area contributed by atoms with E-state index in [0.29, 0.717) is 35.2 Å². The van der Waals surface area contributed by atoms with Gasteiger partial charge in [0, 0.05) is 41.4 Å². The van der Waals surface area contributed by atoms with E-state index in [2.05, 4.69) is 16.0 Å². The van der Waals surface area contributed by atoms with E-state index in [1.54, 1.807) is 76.3 Å². The van der Waals surface area contributed by atoms with Gasteiger partial charge in [0.05, 0.1) is 17.3 Å². The van der Waals surface area contributed by atoms with Gasteiger partial charge in [-0.15, -0.1) is 0 Å². The second-order valence-electron chi connectivity index (χ2n) is 11.3. The number of halogens is 3. The zero-order valence-corrected chi connectivity index (χ0v) is 25.0. The molecule has 1 fully saturated rings. The van der Waals surface area contributed by atoms with Crippen LogP contribution in [0.1, 0.15) is 37.8 Å². The molecule has 3 aromatic rings. The molecule has 1 aliphatic rings. The summed E-state index contributed by atoms with van der Waals surface area (Å²) >= 11 is 5.91. The Bertz CT molecular complexity index is 1520. The number of nitrogens with one attached hydrogen (secondary N) is 3. The minimum Gasteiger partial charge on any atom is -0.444 e. The van der Waals surface area contributed by atoms with Crippen LogP contribution < -0.4 is 16.0 Å². The fraction of sp³-hybridized carbons (Fsp3) is 0.281. The van der Waals surface area contributed by atoms with Gasteiger partial charge in [0.25, 0.3) is 0 Å². The van der Waals surface area contributed by atoms with Crippen LogP contribution >= 0.6 is 11.6 Å². The lowest BCUT2D eigenvalue weighted by Gasteiger charge is -2.20. The summed E-state index contributed by atoms with van der Waals surface area (Å²) < 4.78 is 36.0. The molecule has 8 nitrogen and oxygen atoms in total. The monoisotopic (exact) mass is 610 g/mol. The van der Waals surface area contributed by atoms with E-state index in [-0.39, 0.29) is 17.0 Å². The minimum atomic E-state index is -0.809. The quantitative estimate of drug-likeness (QED) is 0.253. The van der Waals surface area contributed by atoms with Crippen molar-refractivity contribution in [3.63, 3.8) is 0 Å². The number of hydrogen-bond acceptors (Lipinski definition) is 5. The van der Waals surface area contributed by atoms with Gasteiger partial charge in [0.1, 0.15) is 17.2 Å². The lowest BCUT2D eigenvalue weighted by Crippen LogP contribution is -2.29. The second-order valence-corrected chi connectivity index (χ2v) is 11.8. The van der Waals surface area contributed by atoms with Gasteiger partial charge in [-0.1, -0.05) is 23.7 Å². The van der Waals surface area contributed by atoms with Crippen molar-refractivity contribution < 1.29 is 27.9 Å². The van der Waals surface area contributed by atoms with Crippen molar-refractivity contribution >= 4 is 52.6 Å². The minimum absolute atomic E-state index is 0.127.